The Labute approximate surface area is 164 Å². The molecule has 3 rings (SSSR count). The molecule has 1 aliphatic heterocycles. The van der Waals surface area contributed by atoms with E-state index in [1.165, 1.54) is 16.7 Å². The van der Waals surface area contributed by atoms with Crippen LogP contribution in [0.2, 0.25) is 0 Å². The first kappa shape index (κ1) is 19.8. The number of likely N-dealkylation sites (N-methyl/N-ethyl adjacent to an activating group) is 1. The number of aryl methyl sites for hydroxylation is 1. The lowest BCUT2D eigenvalue weighted by Crippen LogP contribution is -2.45. The number of rotatable bonds is 6. The molecule has 1 aliphatic rings. The molecule has 1 fully saturated rings. The van der Waals surface area contributed by atoms with E-state index in [0.29, 0.717) is 0 Å². The van der Waals surface area contributed by atoms with Gasteiger partial charge < -0.3 is 9.80 Å². The first-order valence-corrected chi connectivity index (χ1v) is 9.83. The molecule has 3 heteroatoms. The van der Waals surface area contributed by atoms with E-state index >= 15 is 0 Å². The molecule has 2 aromatic carbocycles. The van der Waals surface area contributed by atoms with E-state index in [1.54, 1.807) is 0 Å². The minimum Gasteiger partial charge on any atom is -0.308 e. The number of carbonyl (C=O) groups is 1. The van der Waals surface area contributed by atoms with Crippen molar-refractivity contribution in [3.8, 4) is 0 Å². The Morgan fingerprint density at radius 3 is 2.52 bits per heavy atom. The number of hydrogen-bond donors (Lipinski definition) is 0. The van der Waals surface area contributed by atoms with Crippen LogP contribution in [-0.2, 0) is 0 Å². The molecular formula is C24H31N2O. The van der Waals surface area contributed by atoms with Crippen LogP contribution in [0.1, 0.15) is 33.0 Å². The molecule has 143 valence electrons. The fourth-order valence-corrected chi connectivity index (χ4v) is 3.96. The van der Waals surface area contributed by atoms with Gasteiger partial charge in [0, 0.05) is 37.7 Å². The molecule has 2 aromatic rings. The Balaban J connectivity index is 1.89. The van der Waals surface area contributed by atoms with Gasteiger partial charge in [0.1, 0.15) is 0 Å². The number of Topliss-reactive ketones (excluding diaryl/α,β-unsaturated/α-hetero) is 1. The maximum absolute atomic E-state index is 13.4. The Kier molecular flexibility index (Phi) is 6.46. The maximum atomic E-state index is 13.4. The topological polar surface area (TPSA) is 23.6 Å². The summed E-state index contributed by atoms with van der Waals surface area (Å²) in [4.78, 5) is 18.0. The zero-order valence-electron chi connectivity index (χ0n) is 17.0. The second kappa shape index (κ2) is 8.81. The van der Waals surface area contributed by atoms with E-state index in [-0.39, 0.29) is 17.6 Å². The summed E-state index contributed by atoms with van der Waals surface area (Å²) < 4.78 is 0. The summed E-state index contributed by atoms with van der Waals surface area (Å²) in [7, 11) is 4.19. The maximum Gasteiger partial charge on any atom is 0.167 e. The summed E-state index contributed by atoms with van der Waals surface area (Å²) in [6.45, 7) is 8.08. The molecule has 1 heterocycles. The molecule has 2 atom stereocenters. The molecular weight excluding hydrogens is 332 g/mol. The van der Waals surface area contributed by atoms with Crippen LogP contribution in [0, 0.1) is 26.2 Å². The molecule has 0 saturated carbocycles. The Bertz CT molecular complexity index is 769. The number of hydrogen-bond acceptors (Lipinski definition) is 3. The fourth-order valence-electron chi connectivity index (χ4n) is 3.96. The third-order valence-electron chi connectivity index (χ3n) is 5.77. The highest BCUT2D eigenvalue weighted by atomic mass is 16.1. The van der Waals surface area contributed by atoms with Crippen LogP contribution in [0.3, 0.4) is 0 Å². The van der Waals surface area contributed by atoms with E-state index in [1.807, 2.05) is 30.3 Å². The highest BCUT2D eigenvalue weighted by Gasteiger charge is 2.36. The molecule has 27 heavy (non-hydrogen) atoms. The zero-order valence-corrected chi connectivity index (χ0v) is 17.0. The monoisotopic (exact) mass is 363 g/mol. The third-order valence-corrected chi connectivity index (χ3v) is 5.77. The second-order valence-electron chi connectivity index (χ2n) is 7.95. The van der Waals surface area contributed by atoms with Crippen molar-refractivity contribution in [1.29, 1.82) is 0 Å². The van der Waals surface area contributed by atoms with Gasteiger partial charge in [-0.25, -0.2) is 0 Å². The van der Waals surface area contributed by atoms with E-state index < -0.39 is 0 Å². The van der Waals surface area contributed by atoms with Crippen molar-refractivity contribution >= 4 is 5.78 Å². The van der Waals surface area contributed by atoms with E-state index in [9.17, 15) is 4.79 Å². The van der Waals surface area contributed by atoms with E-state index in [0.717, 1.165) is 31.7 Å². The van der Waals surface area contributed by atoms with Crippen LogP contribution < -0.4 is 0 Å². The summed E-state index contributed by atoms with van der Waals surface area (Å²) in [6.07, 6.45) is 2.35. The largest absolute Gasteiger partial charge is 0.308 e. The number of likely N-dealkylation sites (tertiary alicyclic amines) is 1. The Morgan fingerprint density at radius 2 is 1.81 bits per heavy atom. The first-order chi connectivity index (χ1) is 13.0. The lowest BCUT2D eigenvalue weighted by Gasteiger charge is -2.39. The van der Waals surface area contributed by atoms with Crippen LogP contribution in [-0.4, -0.2) is 55.9 Å². The molecule has 3 nitrogen and oxygen atoms in total. The predicted octanol–water partition coefficient (Wildman–Crippen LogP) is 3.97. The van der Waals surface area contributed by atoms with Crippen LogP contribution in [0.25, 0.3) is 0 Å². The van der Waals surface area contributed by atoms with Gasteiger partial charge in [0.25, 0.3) is 0 Å². The number of benzene rings is 2. The quantitative estimate of drug-likeness (QED) is 0.726. The number of ketones is 1. The SMILES string of the molecule is Cc1cccc([C@H]2[CH]CN(CCN(C)C)C[C@@H]2C(=O)c2ccccc2)c1C. The predicted molar refractivity (Wildman–Crippen MR) is 112 cm³/mol. The van der Waals surface area contributed by atoms with Gasteiger partial charge in [0.05, 0.1) is 0 Å². The lowest BCUT2D eigenvalue weighted by atomic mass is 9.75. The average molecular weight is 364 g/mol. The lowest BCUT2D eigenvalue weighted by molar-refractivity contribution is 0.0822. The standard InChI is InChI=1S/C24H31N2O/c1-18-9-8-12-21(19(18)2)22-13-14-26(16-15-25(3)4)17-23(22)24(27)20-10-6-5-7-11-20/h5-13,22-23H,14-17H2,1-4H3/t22-,23+/m1/s1. The molecule has 0 unspecified atom stereocenters. The van der Waals surface area contributed by atoms with Gasteiger partial charge >= 0.3 is 0 Å². The van der Waals surface area contributed by atoms with Crippen molar-refractivity contribution in [3.05, 3.63) is 77.2 Å². The number of piperidine rings is 1. The van der Waals surface area contributed by atoms with Crippen LogP contribution in [0.4, 0.5) is 0 Å². The van der Waals surface area contributed by atoms with Crippen molar-refractivity contribution in [2.24, 2.45) is 5.92 Å². The molecule has 1 radical (unpaired) electrons. The van der Waals surface area contributed by atoms with Gasteiger partial charge in [-0.15, -0.1) is 0 Å². The van der Waals surface area contributed by atoms with Crippen LogP contribution in [0.5, 0.6) is 0 Å². The number of carbonyl (C=O) groups excluding carboxylic acids is 1. The highest BCUT2D eigenvalue weighted by molar-refractivity contribution is 5.98. The summed E-state index contributed by atoms with van der Waals surface area (Å²) in [5.74, 6) is 0.393. The van der Waals surface area contributed by atoms with Crippen molar-refractivity contribution in [2.75, 3.05) is 40.3 Å². The zero-order chi connectivity index (χ0) is 19.4. The third kappa shape index (κ3) is 4.66. The Morgan fingerprint density at radius 1 is 1.07 bits per heavy atom. The molecule has 0 aliphatic carbocycles. The molecule has 0 N–H and O–H groups in total. The summed E-state index contributed by atoms with van der Waals surface area (Å²) in [5.41, 5.74) is 4.73. The Hall–Kier alpha value is -1.97. The minimum atomic E-state index is -0.0381. The van der Waals surface area contributed by atoms with Gasteiger partial charge in [-0.3, -0.25) is 4.79 Å². The summed E-state index contributed by atoms with van der Waals surface area (Å²) in [6, 6.07) is 16.2. The van der Waals surface area contributed by atoms with Crippen molar-refractivity contribution in [2.45, 2.75) is 19.8 Å². The van der Waals surface area contributed by atoms with Gasteiger partial charge in [-0.2, -0.15) is 0 Å². The second-order valence-corrected chi connectivity index (χ2v) is 7.95. The van der Waals surface area contributed by atoms with Crippen molar-refractivity contribution in [1.82, 2.24) is 9.80 Å². The van der Waals surface area contributed by atoms with E-state index in [4.69, 9.17) is 0 Å². The minimum absolute atomic E-state index is 0.0381. The summed E-state index contributed by atoms with van der Waals surface area (Å²) in [5, 5.41) is 0. The van der Waals surface area contributed by atoms with Crippen LogP contribution >= 0.6 is 0 Å². The van der Waals surface area contributed by atoms with Gasteiger partial charge in [-0.05, 0) is 57.0 Å². The molecule has 1 saturated heterocycles. The fraction of sp³-hybridized carbons (Fsp3) is 0.417. The number of nitrogens with zero attached hydrogens (tertiary/aromatic N) is 2. The average Bonchev–Trinajstić information content (AvgIpc) is 2.68. The van der Waals surface area contributed by atoms with Crippen LogP contribution in [0.15, 0.2) is 48.5 Å². The molecule has 0 spiro atoms. The van der Waals surface area contributed by atoms with E-state index in [2.05, 4.69) is 62.4 Å². The first-order valence-electron chi connectivity index (χ1n) is 9.83. The molecule has 0 amide bonds. The van der Waals surface area contributed by atoms with Gasteiger partial charge in [0.2, 0.25) is 0 Å². The van der Waals surface area contributed by atoms with Crippen molar-refractivity contribution < 1.29 is 4.79 Å². The molecule has 0 aromatic heterocycles. The molecule has 0 bridgehead atoms. The normalized spacial score (nSPS) is 20.8. The van der Waals surface area contributed by atoms with Gasteiger partial charge in [-0.1, -0.05) is 48.5 Å². The van der Waals surface area contributed by atoms with Crippen molar-refractivity contribution in [3.63, 3.8) is 0 Å². The van der Waals surface area contributed by atoms with Gasteiger partial charge in [0.15, 0.2) is 5.78 Å². The smallest absolute Gasteiger partial charge is 0.167 e. The highest BCUT2D eigenvalue weighted by Crippen LogP contribution is 2.36. The summed E-state index contributed by atoms with van der Waals surface area (Å²) >= 11 is 0.